The molecule has 0 aliphatic rings. The van der Waals surface area contributed by atoms with Crippen molar-refractivity contribution in [3.8, 4) is 0 Å². The van der Waals surface area contributed by atoms with Gasteiger partial charge >= 0.3 is 0 Å². The molecule has 0 N–H and O–H groups in total. The molecular weight excluding hydrogens is 194 g/mol. The van der Waals surface area contributed by atoms with Crippen molar-refractivity contribution in [2.45, 2.75) is 5.88 Å². The molecule has 0 atom stereocenters. The molecule has 0 amide bonds. The lowest BCUT2D eigenvalue weighted by atomic mass is 10.5. The molecule has 0 spiro atoms. The summed E-state index contributed by atoms with van der Waals surface area (Å²) < 4.78 is 1.73. The van der Waals surface area contributed by atoms with Gasteiger partial charge in [-0.25, -0.2) is 0 Å². The van der Waals surface area contributed by atoms with E-state index in [9.17, 15) is 0 Å². The van der Waals surface area contributed by atoms with Crippen molar-refractivity contribution < 1.29 is 0 Å². The molecular formula is C5H9Cl3N2. The third-order valence-electron chi connectivity index (χ3n) is 0.906. The maximum atomic E-state index is 5.46. The highest BCUT2D eigenvalue weighted by Gasteiger charge is 1.89. The fourth-order valence-corrected chi connectivity index (χ4v) is 0.677. The van der Waals surface area contributed by atoms with Gasteiger partial charge in [-0.1, -0.05) is 0 Å². The van der Waals surface area contributed by atoms with Crippen molar-refractivity contribution in [3.63, 3.8) is 0 Å². The Kier molecular flexibility index (Phi) is 7.43. The summed E-state index contributed by atoms with van der Waals surface area (Å²) in [5, 5.41) is 4.01. The van der Waals surface area contributed by atoms with Crippen molar-refractivity contribution in [1.29, 1.82) is 0 Å². The number of halogens is 3. The largest absolute Gasteiger partial charge is 0.276 e. The molecule has 1 rings (SSSR count). The summed E-state index contributed by atoms with van der Waals surface area (Å²) in [5.41, 5.74) is 0.925. The lowest BCUT2D eigenvalue weighted by Gasteiger charge is -1.82. The number of hydrogen-bond acceptors (Lipinski definition) is 1. The molecule has 0 fully saturated rings. The fourth-order valence-electron chi connectivity index (χ4n) is 0.534. The van der Waals surface area contributed by atoms with Crippen molar-refractivity contribution >= 4 is 36.4 Å². The zero-order valence-electron chi connectivity index (χ0n) is 5.45. The Hall–Kier alpha value is 0.0800. The van der Waals surface area contributed by atoms with Gasteiger partial charge in [-0.15, -0.1) is 36.4 Å². The molecule has 1 aromatic heterocycles. The van der Waals surface area contributed by atoms with Crippen LogP contribution in [0.1, 0.15) is 5.69 Å². The van der Waals surface area contributed by atoms with E-state index in [-0.39, 0.29) is 24.8 Å². The fraction of sp³-hybridized carbons (Fsp3) is 0.400. The average molecular weight is 204 g/mol. The summed E-state index contributed by atoms with van der Waals surface area (Å²) in [6.45, 7) is 0. The molecule has 0 radical (unpaired) electrons. The second kappa shape index (κ2) is 5.83. The maximum Gasteiger partial charge on any atom is 0.0772 e. The predicted molar refractivity (Wildman–Crippen MR) is 47.3 cm³/mol. The lowest BCUT2D eigenvalue weighted by molar-refractivity contribution is 0.754. The van der Waals surface area contributed by atoms with Gasteiger partial charge < -0.3 is 0 Å². The summed E-state index contributed by atoms with van der Waals surface area (Å²) in [6, 6.07) is 1.90. The average Bonchev–Trinajstić information content (AvgIpc) is 2.14. The second-order valence-electron chi connectivity index (χ2n) is 1.61. The van der Waals surface area contributed by atoms with Gasteiger partial charge in [0.1, 0.15) is 0 Å². The number of hydrogen-bond donors (Lipinski definition) is 0. The van der Waals surface area contributed by atoms with Gasteiger partial charge in [-0.3, -0.25) is 4.68 Å². The first-order valence-corrected chi connectivity index (χ1v) is 2.91. The number of nitrogens with zero attached hydrogens (tertiary/aromatic N) is 2. The molecule has 60 valence electrons. The molecule has 0 aromatic carbocycles. The van der Waals surface area contributed by atoms with Gasteiger partial charge in [0.2, 0.25) is 0 Å². The normalized spacial score (nSPS) is 7.80. The van der Waals surface area contributed by atoms with E-state index in [1.165, 1.54) is 0 Å². The van der Waals surface area contributed by atoms with Crippen LogP contribution in [0.3, 0.4) is 0 Å². The monoisotopic (exact) mass is 202 g/mol. The first-order chi connectivity index (χ1) is 3.83. The molecule has 10 heavy (non-hydrogen) atoms. The first-order valence-electron chi connectivity index (χ1n) is 2.37. The molecule has 0 unspecified atom stereocenters. The van der Waals surface area contributed by atoms with Crippen LogP contribution in [0.15, 0.2) is 12.3 Å². The number of aryl methyl sites for hydroxylation is 1. The van der Waals surface area contributed by atoms with Crippen LogP contribution < -0.4 is 0 Å². The highest BCUT2D eigenvalue weighted by atomic mass is 35.5. The Labute approximate surface area is 77.4 Å². The Balaban J connectivity index is 0. The van der Waals surface area contributed by atoms with E-state index < -0.39 is 0 Å². The SMILES string of the molecule is Cl.Cl.Cn1ccc(CCl)n1. The van der Waals surface area contributed by atoms with E-state index in [1.807, 2.05) is 19.3 Å². The van der Waals surface area contributed by atoms with Gasteiger partial charge in [0, 0.05) is 13.2 Å². The Morgan fingerprint density at radius 1 is 1.60 bits per heavy atom. The molecule has 5 heteroatoms. The summed E-state index contributed by atoms with van der Waals surface area (Å²) in [5.74, 6) is 0.501. The third-order valence-corrected chi connectivity index (χ3v) is 1.18. The van der Waals surface area contributed by atoms with Crippen LogP contribution >= 0.6 is 36.4 Å². The van der Waals surface area contributed by atoms with E-state index in [0.29, 0.717) is 5.88 Å². The van der Waals surface area contributed by atoms with Crippen molar-refractivity contribution in [2.75, 3.05) is 0 Å². The van der Waals surface area contributed by atoms with Gasteiger partial charge in [0.15, 0.2) is 0 Å². The second-order valence-corrected chi connectivity index (χ2v) is 1.88. The molecule has 0 bridgehead atoms. The minimum absolute atomic E-state index is 0. The van der Waals surface area contributed by atoms with Crippen molar-refractivity contribution in [2.24, 2.45) is 7.05 Å². The summed E-state index contributed by atoms with van der Waals surface area (Å²) in [7, 11) is 1.87. The van der Waals surface area contributed by atoms with Crippen LogP contribution in [-0.4, -0.2) is 9.78 Å². The maximum absolute atomic E-state index is 5.46. The van der Waals surface area contributed by atoms with E-state index in [1.54, 1.807) is 4.68 Å². The Morgan fingerprint density at radius 2 is 2.20 bits per heavy atom. The van der Waals surface area contributed by atoms with Crippen LogP contribution in [0.4, 0.5) is 0 Å². The van der Waals surface area contributed by atoms with Crippen LogP contribution in [0, 0.1) is 0 Å². The zero-order chi connectivity index (χ0) is 5.98. The molecule has 1 aromatic rings. The topological polar surface area (TPSA) is 17.8 Å². The van der Waals surface area contributed by atoms with Gasteiger partial charge in [-0.2, -0.15) is 5.10 Å². The quantitative estimate of drug-likeness (QED) is 0.639. The van der Waals surface area contributed by atoms with E-state index in [2.05, 4.69) is 5.10 Å². The minimum Gasteiger partial charge on any atom is -0.276 e. The van der Waals surface area contributed by atoms with Crippen LogP contribution in [0.5, 0.6) is 0 Å². The first kappa shape index (κ1) is 12.7. The van der Waals surface area contributed by atoms with Gasteiger partial charge in [0.25, 0.3) is 0 Å². The number of rotatable bonds is 1. The minimum atomic E-state index is 0. The van der Waals surface area contributed by atoms with Gasteiger partial charge in [-0.05, 0) is 6.07 Å². The lowest BCUT2D eigenvalue weighted by Crippen LogP contribution is -1.87. The molecule has 0 saturated carbocycles. The standard InChI is InChI=1S/C5H7ClN2.2ClH/c1-8-3-2-5(4-6)7-8;;/h2-3H,4H2,1H3;2*1H. The predicted octanol–water partition coefficient (Wildman–Crippen LogP) is 2.00. The van der Waals surface area contributed by atoms with Crippen molar-refractivity contribution in [3.05, 3.63) is 18.0 Å². The van der Waals surface area contributed by atoms with Gasteiger partial charge in [0.05, 0.1) is 11.6 Å². The highest BCUT2D eigenvalue weighted by Crippen LogP contribution is 1.96. The highest BCUT2D eigenvalue weighted by molar-refractivity contribution is 6.16. The molecule has 0 aliphatic heterocycles. The van der Waals surface area contributed by atoms with Crippen LogP contribution in [0.2, 0.25) is 0 Å². The van der Waals surface area contributed by atoms with E-state index in [0.717, 1.165) is 5.69 Å². The summed E-state index contributed by atoms with van der Waals surface area (Å²) >= 11 is 5.46. The third kappa shape index (κ3) is 3.30. The van der Waals surface area contributed by atoms with E-state index >= 15 is 0 Å². The van der Waals surface area contributed by atoms with Crippen LogP contribution in [-0.2, 0) is 12.9 Å². The Morgan fingerprint density at radius 3 is 2.40 bits per heavy atom. The number of alkyl halides is 1. The molecule has 1 heterocycles. The smallest absolute Gasteiger partial charge is 0.0772 e. The van der Waals surface area contributed by atoms with Crippen molar-refractivity contribution in [1.82, 2.24) is 9.78 Å². The molecule has 0 saturated heterocycles. The van der Waals surface area contributed by atoms with E-state index in [4.69, 9.17) is 11.6 Å². The zero-order valence-corrected chi connectivity index (χ0v) is 7.84. The van der Waals surface area contributed by atoms with Crippen LogP contribution in [0.25, 0.3) is 0 Å². The molecule has 0 aliphatic carbocycles. The summed E-state index contributed by atoms with van der Waals surface area (Å²) in [4.78, 5) is 0. The summed E-state index contributed by atoms with van der Waals surface area (Å²) in [6.07, 6.45) is 1.87. The number of aromatic nitrogens is 2. The molecule has 2 nitrogen and oxygen atoms in total. The Bertz CT molecular complexity index is 175.